The van der Waals surface area contributed by atoms with Gasteiger partial charge in [-0.3, -0.25) is 9.69 Å². The van der Waals surface area contributed by atoms with Crippen molar-refractivity contribution in [2.45, 2.75) is 39.2 Å². The van der Waals surface area contributed by atoms with Gasteiger partial charge in [0, 0.05) is 32.1 Å². The number of nitrogens with zero attached hydrogens (tertiary/aromatic N) is 2. The first kappa shape index (κ1) is 17.3. The molecule has 2 aliphatic heterocycles. The summed E-state index contributed by atoms with van der Waals surface area (Å²) >= 11 is 0. The first-order valence-corrected chi connectivity index (χ1v) is 9.27. The number of likely N-dealkylation sites (tertiary alicyclic amines) is 2. The Morgan fingerprint density at radius 2 is 1.62 bits per heavy atom. The van der Waals surface area contributed by atoms with E-state index in [0.29, 0.717) is 0 Å². The standard InChI is InChI=1S/C20H30N2O2/c1-16(23)22-13-9-18(10-14-22)17-7-11-21(12-8-17)15-19-5-3-4-6-20(19)24-2/h3-6,17-18H,7-15H2,1-2H3. The quantitative estimate of drug-likeness (QED) is 0.850. The van der Waals surface area contributed by atoms with E-state index in [9.17, 15) is 4.79 Å². The van der Waals surface area contributed by atoms with Crippen LogP contribution < -0.4 is 4.74 Å². The molecule has 0 radical (unpaired) electrons. The molecule has 1 aromatic rings. The lowest BCUT2D eigenvalue weighted by Crippen LogP contribution is -2.42. The number of hydrogen-bond acceptors (Lipinski definition) is 3. The van der Waals surface area contributed by atoms with Crippen LogP contribution in [0.3, 0.4) is 0 Å². The van der Waals surface area contributed by atoms with Gasteiger partial charge in [-0.1, -0.05) is 18.2 Å². The average Bonchev–Trinajstić information content (AvgIpc) is 2.63. The van der Waals surface area contributed by atoms with Gasteiger partial charge in [0.15, 0.2) is 0 Å². The summed E-state index contributed by atoms with van der Waals surface area (Å²) in [5, 5.41) is 0. The highest BCUT2D eigenvalue weighted by atomic mass is 16.5. The molecule has 0 atom stereocenters. The molecule has 4 heteroatoms. The minimum Gasteiger partial charge on any atom is -0.496 e. The van der Waals surface area contributed by atoms with Gasteiger partial charge in [-0.2, -0.15) is 0 Å². The number of carbonyl (C=O) groups excluding carboxylic acids is 1. The van der Waals surface area contributed by atoms with Crippen LogP contribution in [0.2, 0.25) is 0 Å². The van der Waals surface area contributed by atoms with E-state index in [1.807, 2.05) is 17.0 Å². The molecular formula is C20H30N2O2. The van der Waals surface area contributed by atoms with Gasteiger partial charge >= 0.3 is 0 Å². The third-order valence-electron chi connectivity index (χ3n) is 5.87. The average molecular weight is 330 g/mol. The number of ether oxygens (including phenoxy) is 1. The SMILES string of the molecule is COc1ccccc1CN1CCC(C2CCN(C(C)=O)CC2)CC1. The van der Waals surface area contributed by atoms with Crippen molar-refractivity contribution in [2.75, 3.05) is 33.3 Å². The molecule has 2 saturated heterocycles. The second-order valence-corrected chi connectivity index (χ2v) is 7.27. The predicted molar refractivity (Wildman–Crippen MR) is 96.0 cm³/mol. The Bertz CT molecular complexity index is 544. The molecule has 0 aliphatic carbocycles. The normalized spacial score (nSPS) is 21.0. The number of carbonyl (C=O) groups is 1. The summed E-state index contributed by atoms with van der Waals surface area (Å²) in [6, 6.07) is 8.34. The van der Waals surface area contributed by atoms with E-state index in [-0.39, 0.29) is 5.91 Å². The monoisotopic (exact) mass is 330 g/mol. The zero-order valence-corrected chi connectivity index (χ0v) is 15.0. The van der Waals surface area contributed by atoms with Gasteiger partial charge in [-0.15, -0.1) is 0 Å². The lowest BCUT2D eigenvalue weighted by atomic mass is 9.78. The molecule has 0 saturated carbocycles. The molecule has 2 aliphatic rings. The van der Waals surface area contributed by atoms with Crippen molar-refractivity contribution < 1.29 is 9.53 Å². The van der Waals surface area contributed by atoms with Crippen LogP contribution >= 0.6 is 0 Å². The van der Waals surface area contributed by atoms with Crippen LogP contribution in [0.1, 0.15) is 38.2 Å². The molecular weight excluding hydrogens is 300 g/mol. The Morgan fingerprint density at radius 3 is 2.21 bits per heavy atom. The minimum absolute atomic E-state index is 0.236. The number of amides is 1. The van der Waals surface area contributed by atoms with E-state index in [1.165, 1.54) is 44.3 Å². The topological polar surface area (TPSA) is 32.8 Å². The Morgan fingerprint density at radius 1 is 1.04 bits per heavy atom. The van der Waals surface area contributed by atoms with E-state index in [0.717, 1.165) is 37.2 Å². The van der Waals surface area contributed by atoms with Crippen molar-refractivity contribution >= 4 is 5.91 Å². The van der Waals surface area contributed by atoms with Crippen molar-refractivity contribution in [1.29, 1.82) is 0 Å². The lowest BCUT2D eigenvalue weighted by molar-refractivity contribution is -0.130. The van der Waals surface area contributed by atoms with E-state index >= 15 is 0 Å². The molecule has 4 nitrogen and oxygen atoms in total. The molecule has 132 valence electrons. The largest absolute Gasteiger partial charge is 0.496 e. The highest BCUT2D eigenvalue weighted by Gasteiger charge is 2.30. The van der Waals surface area contributed by atoms with Crippen LogP contribution in [0, 0.1) is 11.8 Å². The minimum atomic E-state index is 0.236. The maximum absolute atomic E-state index is 11.5. The molecule has 24 heavy (non-hydrogen) atoms. The zero-order valence-electron chi connectivity index (χ0n) is 15.0. The van der Waals surface area contributed by atoms with Gasteiger partial charge in [0.25, 0.3) is 0 Å². The van der Waals surface area contributed by atoms with Gasteiger partial charge in [0.2, 0.25) is 5.91 Å². The number of piperidine rings is 2. The van der Waals surface area contributed by atoms with Crippen LogP contribution in [0.4, 0.5) is 0 Å². The second-order valence-electron chi connectivity index (χ2n) is 7.27. The van der Waals surface area contributed by atoms with E-state index in [4.69, 9.17) is 4.74 Å². The predicted octanol–water partition coefficient (Wildman–Crippen LogP) is 3.17. The fraction of sp³-hybridized carbons (Fsp3) is 0.650. The number of rotatable bonds is 4. The second kappa shape index (κ2) is 8.02. The van der Waals surface area contributed by atoms with Gasteiger partial charge in [-0.05, 0) is 56.7 Å². The zero-order chi connectivity index (χ0) is 16.9. The number of benzene rings is 1. The highest BCUT2D eigenvalue weighted by molar-refractivity contribution is 5.73. The van der Waals surface area contributed by atoms with Crippen molar-refractivity contribution in [2.24, 2.45) is 11.8 Å². The smallest absolute Gasteiger partial charge is 0.219 e. The summed E-state index contributed by atoms with van der Waals surface area (Å²) in [5.74, 6) is 2.89. The maximum Gasteiger partial charge on any atom is 0.219 e. The van der Waals surface area contributed by atoms with Crippen LogP contribution in [0.25, 0.3) is 0 Å². The molecule has 2 heterocycles. The summed E-state index contributed by atoms with van der Waals surface area (Å²) in [6.07, 6.45) is 4.97. The van der Waals surface area contributed by atoms with Crippen molar-refractivity contribution in [3.05, 3.63) is 29.8 Å². The third-order valence-corrected chi connectivity index (χ3v) is 5.87. The summed E-state index contributed by atoms with van der Waals surface area (Å²) < 4.78 is 5.47. The Balaban J connectivity index is 1.47. The maximum atomic E-state index is 11.5. The van der Waals surface area contributed by atoms with Crippen LogP contribution in [-0.2, 0) is 11.3 Å². The fourth-order valence-corrected chi connectivity index (χ4v) is 4.34. The van der Waals surface area contributed by atoms with Crippen molar-refractivity contribution in [3.63, 3.8) is 0 Å². The van der Waals surface area contributed by atoms with Crippen LogP contribution in [0.5, 0.6) is 5.75 Å². The molecule has 0 unspecified atom stereocenters. The van der Waals surface area contributed by atoms with Crippen molar-refractivity contribution in [1.82, 2.24) is 9.80 Å². The summed E-state index contributed by atoms with van der Waals surface area (Å²) in [6.45, 7) is 6.95. The molecule has 0 spiro atoms. The Labute approximate surface area is 145 Å². The number of para-hydroxylation sites is 1. The van der Waals surface area contributed by atoms with Gasteiger partial charge in [0.05, 0.1) is 7.11 Å². The van der Waals surface area contributed by atoms with E-state index in [1.54, 1.807) is 14.0 Å². The Kier molecular flexibility index (Phi) is 5.77. The fourth-order valence-electron chi connectivity index (χ4n) is 4.34. The molecule has 3 rings (SSSR count). The number of hydrogen-bond donors (Lipinski definition) is 0. The van der Waals surface area contributed by atoms with Gasteiger partial charge in [-0.25, -0.2) is 0 Å². The molecule has 0 bridgehead atoms. The Hall–Kier alpha value is -1.55. The summed E-state index contributed by atoms with van der Waals surface area (Å²) in [4.78, 5) is 16.0. The van der Waals surface area contributed by atoms with Crippen LogP contribution in [-0.4, -0.2) is 49.0 Å². The highest BCUT2D eigenvalue weighted by Crippen LogP contribution is 2.33. The molecule has 1 aromatic carbocycles. The van der Waals surface area contributed by atoms with Gasteiger partial charge < -0.3 is 9.64 Å². The molecule has 2 fully saturated rings. The summed E-state index contributed by atoms with van der Waals surface area (Å²) in [5.41, 5.74) is 1.29. The van der Waals surface area contributed by atoms with E-state index in [2.05, 4.69) is 17.0 Å². The van der Waals surface area contributed by atoms with Gasteiger partial charge in [0.1, 0.15) is 5.75 Å². The molecule has 1 amide bonds. The summed E-state index contributed by atoms with van der Waals surface area (Å²) in [7, 11) is 1.75. The van der Waals surface area contributed by atoms with Crippen LogP contribution in [0.15, 0.2) is 24.3 Å². The number of methoxy groups -OCH3 is 1. The molecule has 0 N–H and O–H groups in total. The first-order valence-electron chi connectivity index (χ1n) is 9.27. The van der Waals surface area contributed by atoms with E-state index < -0.39 is 0 Å². The van der Waals surface area contributed by atoms with Crippen molar-refractivity contribution in [3.8, 4) is 5.75 Å². The lowest BCUT2D eigenvalue weighted by Gasteiger charge is -2.40. The third kappa shape index (κ3) is 4.10. The first-order chi connectivity index (χ1) is 11.7. The molecule has 0 aromatic heterocycles.